The largest absolute Gasteiger partial charge is 0.497 e. The van der Waals surface area contributed by atoms with Crippen molar-refractivity contribution in [1.29, 1.82) is 0 Å². The van der Waals surface area contributed by atoms with Crippen molar-refractivity contribution in [2.75, 3.05) is 37.5 Å². The summed E-state index contributed by atoms with van der Waals surface area (Å²) in [5, 5.41) is 2.65. The lowest BCUT2D eigenvalue weighted by atomic mass is 10.2. The molecule has 3 rings (SSSR count). The second-order valence-corrected chi connectivity index (χ2v) is 8.84. The molecule has 10 heteroatoms. The van der Waals surface area contributed by atoms with Crippen LogP contribution in [0.4, 0.5) is 11.4 Å². The molecule has 1 amide bonds. The summed E-state index contributed by atoms with van der Waals surface area (Å²) in [6.07, 6.45) is 0. The minimum atomic E-state index is -4.14. The van der Waals surface area contributed by atoms with Crippen LogP contribution < -0.4 is 19.1 Å². The highest BCUT2D eigenvalue weighted by atomic mass is 32.2. The third kappa shape index (κ3) is 5.46. The first-order valence-corrected chi connectivity index (χ1v) is 11.5. The third-order valence-electron chi connectivity index (χ3n) is 4.88. The van der Waals surface area contributed by atoms with Gasteiger partial charge in [-0.3, -0.25) is 9.10 Å². The van der Waals surface area contributed by atoms with Crippen molar-refractivity contribution >= 4 is 33.3 Å². The monoisotopic (exact) mass is 484 g/mol. The van der Waals surface area contributed by atoms with Gasteiger partial charge >= 0.3 is 5.97 Å². The van der Waals surface area contributed by atoms with Crippen molar-refractivity contribution in [3.63, 3.8) is 0 Å². The fourth-order valence-corrected chi connectivity index (χ4v) is 4.58. The summed E-state index contributed by atoms with van der Waals surface area (Å²) in [5.74, 6) is -0.314. The van der Waals surface area contributed by atoms with Crippen LogP contribution >= 0.6 is 0 Å². The Morgan fingerprint density at radius 1 is 0.853 bits per heavy atom. The minimum absolute atomic E-state index is 0.0190. The molecule has 0 saturated carbocycles. The van der Waals surface area contributed by atoms with Gasteiger partial charge in [0.25, 0.3) is 10.0 Å². The topological polar surface area (TPSA) is 111 Å². The van der Waals surface area contributed by atoms with Crippen molar-refractivity contribution < 1.29 is 32.2 Å². The molecule has 178 valence electrons. The van der Waals surface area contributed by atoms with Crippen LogP contribution in [0.5, 0.6) is 11.5 Å². The average molecular weight is 485 g/mol. The fourth-order valence-electron chi connectivity index (χ4n) is 3.15. The molecule has 0 bridgehead atoms. The fraction of sp³-hybridized carbons (Fsp3) is 0.167. The molecule has 9 nitrogen and oxygen atoms in total. The smallest absolute Gasteiger partial charge is 0.337 e. The van der Waals surface area contributed by atoms with E-state index in [1.54, 1.807) is 24.3 Å². The van der Waals surface area contributed by atoms with Gasteiger partial charge in [-0.25, -0.2) is 13.2 Å². The van der Waals surface area contributed by atoms with Gasteiger partial charge in [0.15, 0.2) is 0 Å². The molecule has 0 aliphatic rings. The van der Waals surface area contributed by atoms with E-state index in [9.17, 15) is 18.0 Å². The number of carbonyl (C=O) groups is 2. The van der Waals surface area contributed by atoms with Crippen LogP contribution in [0.1, 0.15) is 10.4 Å². The highest BCUT2D eigenvalue weighted by molar-refractivity contribution is 7.92. The van der Waals surface area contributed by atoms with E-state index in [1.807, 2.05) is 0 Å². The number of carbonyl (C=O) groups excluding carboxylic acids is 2. The van der Waals surface area contributed by atoms with Crippen LogP contribution in [0, 0.1) is 0 Å². The lowest BCUT2D eigenvalue weighted by Crippen LogP contribution is -2.38. The number of rotatable bonds is 9. The first kappa shape index (κ1) is 24.6. The summed E-state index contributed by atoms with van der Waals surface area (Å²) in [7, 11) is 0.0224. The molecule has 3 aromatic rings. The number of hydrogen-bond donors (Lipinski definition) is 1. The lowest BCUT2D eigenvalue weighted by Gasteiger charge is -2.25. The molecule has 34 heavy (non-hydrogen) atoms. The number of benzene rings is 3. The summed E-state index contributed by atoms with van der Waals surface area (Å²) < 4.78 is 43.2. The Labute approximate surface area is 197 Å². The summed E-state index contributed by atoms with van der Waals surface area (Å²) >= 11 is 0. The maximum absolute atomic E-state index is 13.5. The molecule has 0 unspecified atom stereocenters. The first-order chi connectivity index (χ1) is 16.3. The van der Waals surface area contributed by atoms with Crippen LogP contribution in [0.15, 0.2) is 77.7 Å². The Hall–Kier alpha value is -4.05. The number of amides is 1. The molecule has 0 saturated heterocycles. The zero-order valence-electron chi connectivity index (χ0n) is 18.8. The number of methoxy groups -OCH3 is 3. The summed E-state index contributed by atoms with van der Waals surface area (Å²) in [4.78, 5) is 24.5. The van der Waals surface area contributed by atoms with E-state index in [0.717, 1.165) is 4.31 Å². The van der Waals surface area contributed by atoms with Crippen LogP contribution in [-0.2, 0) is 19.6 Å². The van der Waals surface area contributed by atoms with E-state index < -0.39 is 28.4 Å². The molecule has 0 spiro atoms. The molecular formula is C24H24N2O7S. The van der Waals surface area contributed by atoms with Crippen molar-refractivity contribution in [3.05, 3.63) is 78.4 Å². The van der Waals surface area contributed by atoms with Gasteiger partial charge in [-0.2, -0.15) is 0 Å². The van der Waals surface area contributed by atoms with Crippen molar-refractivity contribution in [2.45, 2.75) is 4.90 Å². The van der Waals surface area contributed by atoms with Crippen molar-refractivity contribution in [2.24, 2.45) is 0 Å². The van der Waals surface area contributed by atoms with E-state index >= 15 is 0 Å². The zero-order valence-corrected chi connectivity index (χ0v) is 19.7. The molecule has 0 atom stereocenters. The Morgan fingerprint density at radius 3 is 2.09 bits per heavy atom. The molecular weight excluding hydrogens is 460 g/mol. The third-order valence-corrected chi connectivity index (χ3v) is 6.65. The van der Waals surface area contributed by atoms with E-state index in [-0.39, 0.29) is 16.3 Å². The normalized spacial score (nSPS) is 10.8. The highest BCUT2D eigenvalue weighted by Crippen LogP contribution is 2.32. The summed E-state index contributed by atoms with van der Waals surface area (Å²) in [6, 6.07) is 18.4. The average Bonchev–Trinajstić information content (AvgIpc) is 2.87. The number of esters is 1. The van der Waals surface area contributed by atoms with Gasteiger partial charge < -0.3 is 19.5 Å². The van der Waals surface area contributed by atoms with E-state index in [0.29, 0.717) is 17.0 Å². The van der Waals surface area contributed by atoms with Crippen LogP contribution in [0.25, 0.3) is 0 Å². The van der Waals surface area contributed by atoms with Crippen LogP contribution in [0.2, 0.25) is 0 Å². The van der Waals surface area contributed by atoms with Gasteiger partial charge in [0.05, 0.1) is 37.5 Å². The quantitative estimate of drug-likeness (QED) is 0.464. The van der Waals surface area contributed by atoms with Gasteiger partial charge in [0.1, 0.15) is 18.0 Å². The second-order valence-electron chi connectivity index (χ2n) is 6.98. The van der Waals surface area contributed by atoms with E-state index in [1.165, 1.54) is 69.9 Å². The molecule has 1 N–H and O–H groups in total. The SMILES string of the molecule is COC(=O)c1ccc(NC(=O)CN(c2ccccc2OC)S(=O)(=O)c2ccc(OC)cc2)cc1. The molecule has 0 aromatic heterocycles. The molecule has 0 fully saturated rings. The maximum Gasteiger partial charge on any atom is 0.337 e. The first-order valence-electron chi connectivity index (χ1n) is 10.1. The predicted octanol–water partition coefficient (Wildman–Crippen LogP) is 3.32. The number of ether oxygens (including phenoxy) is 3. The second kappa shape index (κ2) is 10.7. The van der Waals surface area contributed by atoms with Gasteiger partial charge in [-0.1, -0.05) is 12.1 Å². The predicted molar refractivity (Wildman–Crippen MR) is 127 cm³/mol. The number of hydrogen-bond acceptors (Lipinski definition) is 7. The standard InChI is InChI=1S/C24H24N2O7S/c1-31-19-12-14-20(15-13-19)34(29,30)26(21-6-4-5-7-22(21)32-2)16-23(27)25-18-10-8-17(9-11-18)24(28)33-3/h4-15H,16H2,1-3H3,(H,25,27). The van der Waals surface area contributed by atoms with Crippen molar-refractivity contribution in [1.82, 2.24) is 0 Å². The Kier molecular flexibility index (Phi) is 7.75. The van der Waals surface area contributed by atoms with Gasteiger partial charge in [-0.05, 0) is 60.7 Å². The van der Waals surface area contributed by atoms with Gasteiger partial charge in [-0.15, -0.1) is 0 Å². The Morgan fingerprint density at radius 2 is 1.50 bits per heavy atom. The highest BCUT2D eigenvalue weighted by Gasteiger charge is 2.29. The van der Waals surface area contributed by atoms with E-state index in [4.69, 9.17) is 9.47 Å². The molecule has 0 aliphatic carbocycles. The van der Waals surface area contributed by atoms with Gasteiger partial charge in [0.2, 0.25) is 5.91 Å². The Bertz CT molecular complexity index is 1260. The maximum atomic E-state index is 13.5. The molecule has 3 aromatic carbocycles. The lowest BCUT2D eigenvalue weighted by molar-refractivity contribution is -0.114. The molecule has 0 aliphatic heterocycles. The summed E-state index contributed by atoms with van der Waals surface area (Å²) in [5.41, 5.74) is 0.912. The van der Waals surface area contributed by atoms with Crippen LogP contribution in [-0.4, -0.2) is 48.2 Å². The number of anilines is 2. The molecule has 0 heterocycles. The number of nitrogens with zero attached hydrogens (tertiary/aromatic N) is 1. The minimum Gasteiger partial charge on any atom is -0.497 e. The van der Waals surface area contributed by atoms with Gasteiger partial charge in [0, 0.05) is 5.69 Å². The van der Waals surface area contributed by atoms with Crippen LogP contribution in [0.3, 0.4) is 0 Å². The molecule has 0 radical (unpaired) electrons. The number of sulfonamides is 1. The zero-order chi connectivity index (χ0) is 24.7. The van der Waals surface area contributed by atoms with Crippen molar-refractivity contribution in [3.8, 4) is 11.5 Å². The number of para-hydroxylation sites is 2. The Balaban J connectivity index is 1.92. The number of nitrogens with one attached hydrogen (secondary N) is 1. The van der Waals surface area contributed by atoms with E-state index in [2.05, 4.69) is 10.1 Å². The summed E-state index contributed by atoms with van der Waals surface area (Å²) in [6.45, 7) is -0.520.